The Morgan fingerprint density at radius 3 is 2.41 bits per heavy atom. The lowest BCUT2D eigenvalue weighted by molar-refractivity contribution is 0.282. The van der Waals surface area contributed by atoms with E-state index < -0.39 is 0 Å². The number of benzene rings is 3. The van der Waals surface area contributed by atoms with Gasteiger partial charge in [0.25, 0.3) is 0 Å². The second kappa shape index (κ2) is 9.36. The predicted octanol–water partition coefficient (Wildman–Crippen LogP) is 6.96. The van der Waals surface area contributed by atoms with Gasteiger partial charge in [0.2, 0.25) is 0 Å². The van der Waals surface area contributed by atoms with E-state index in [0.29, 0.717) is 34.7 Å². The van der Waals surface area contributed by atoms with E-state index in [9.17, 15) is 0 Å². The Hall–Kier alpha value is -1.88. The van der Waals surface area contributed by atoms with Crippen molar-refractivity contribution in [2.45, 2.75) is 13.2 Å². The van der Waals surface area contributed by atoms with Crippen LogP contribution in [-0.4, -0.2) is 7.11 Å². The van der Waals surface area contributed by atoms with Crippen molar-refractivity contribution in [3.8, 4) is 11.5 Å². The summed E-state index contributed by atoms with van der Waals surface area (Å²) in [7, 11) is 1.63. The van der Waals surface area contributed by atoms with Crippen molar-refractivity contribution in [3.63, 3.8) is 0 Å². The molecule has 0 spiro atoms. The van der Waals surface area contributed by atoms with Gasteiger partial charge in [-0.25, -0.2) is 0 Å². The van der Waals surface area contributed by atoms with Crippen molar-refractivity contribution in [2.24, 2.45) is 0 Å². The number of anilines is 1. The zero-order chi connectivity index (χ0) is 19.2. The minimum absolute atomic E-state index is 0.420. The molecule has 0 aliphatic rings. The lowest BCUT2D eigenvalue weighted by Crippen LogP contribution is -2.03. The summed E-state index contributed by atoms with van der Waals surface area (Å²) in [5, 5.41) is 4.72. The third-order valence-corrected chi connectivity index (χ3v) is 5.11. The Bertz CT molecular complexity index is 917. The number of rotatable bonds is 7. The molecular weight excluding hydrogens is 449 g/mol. The predicted molar refractivity (Wildman–Crippen MR) is 115 cm³/mol. The van der Waals surface area contributed by atoms with E-state index in [1.165, 1.54) is 0 Å². The van der Waals surface area contributed by atoms with Crippen LogP contribution in [0.2, 0.25) is 10.0 Å². The molecule has 0 saturated carbocycles. The van der Waals surface area contributed by atoms with Crippen molar-refractivity contribution in [2.75, 3.05) is 12.4 Å². The van der Waals surface area contributed by atoms with Crippen LogP contribution in [0.3, 0.4) is 0 Å². The molecule has 3 aromatic rings. The highest BCUT2D eigenvalue weighted by Crippen LogP contribution is 2.37. The number of hydrogen-bond acceptors (Lipinski definition) is 3. The molecule has 0 heterocycles. The average Bonchev–Trinajstić information content (AvgIpc) is 2.67. The van der Waals surface area contributed by atoms with Crippen LogP contribution in [0.1, 0.15) is 11.1 Å². The van der Waals surface area contributed by atoms with Crippen molar-refractivity contribution in [1.29, 1.82) is 0 Å². The van der Waals surface area contributed by atoms with Crippen molar-refractivity contribution in [1.82, 2.24) is 0 Å². The monoisotopic (exact) mass is 465 g/mol. The summed E-state index contributed by atoms with van der Waals surface area (Å²) in [6, 6.07) is 19.2. The quantitative estimate of drug-likeness (QED) is 0.408. The highest BCUT2D eigenvalue weighted by atomic mass is 79.9. The van der Waals surface area contributed by atoms with Gasteiger partial charge in [0.1, 0.15) is 6.61 Å². The molecule has 0 aromatic heterocycles. The van der Waals surface area contributed by atoms with Crippen LogP contribution in [0.25, 0.3) is 0 Å². The summed E-state index contributed by atoms with van der Waals surface area (Å²) in [6.45, 7) is 1.03. The van der Waals surface area contributed by atoms with E-state index in [1.807, 2.05) is 60.7 Å². The Kier molecular flexibility index (Phi) is 6.89. The zero-order valence-corrected chi connectivity index (χ0v) is 17.7. The van der Waals surface area contributed by atoms with E-state index in [2.05, 4.69) is 21.2 Å². The molecule has 0 aliphatic heterocycles. The zero-order valence-electron chi connectivity index (χ0n) is 14.6. The summed E-state index contributed by atoms with van der Waals surface area (Å²) in [6.07, 6.45) is 0. The van der Waals surface area contributed by atoms with Crippen LogP contribution >= 0.6 is 39.1 Å². The number of para-hydroxylation sites is 1. The second-order valence-electron chi connectivity index (χ2n) is 5.86. The van der Waals surface area contributed by atoms with Crippen molar-refractivity contribution >= 4 is 44.8 Å². The maximum atomic E-state index is 6.19. The highest BCUT2D eigenvalue weighted by molar-refractivity contribution is 9.10. The standard InChI is InChI=1S/C21H18BrCl2NO2/c1-26-20-11-15(12-25-19-5-3-2-4-18(19)24)10-17(22)21(20)27-13-14-6-8-16(23)9-7-14/h2-11,25H,12-13H2,1H3. The molecule has 27 heavy (non-hydrogen) atoms. The number of ether oxygens (including phenoxy) is 2. The van der Waals surface area contributed by atoms with E-state index in [1.54, 1.807) is 7.11 Å². The van der Waals surface area contributed by atoms with Gasteiger partial charge in [-0.05, 0) is 63.5 Å². The van der Waals surface area contributed by atoms with Crippen LogP contribution in [-0.2, 0) is 13.2 Å². The van der Waals surface area contributed by atoms with Gasteiger partial charge in [-0.15, -0.1) is 0 Å². The minimum Gasteiger partial charge on any atom is -0.493 e. The molecule has 0 bridgehead atoms. The second-order valence-corrected chi connectivity index (χ2v) is 7.56. The number of nitrogens with one attached hydrogen (secondary N) is 1. The lowest BCUT2D eigenvalue weighted by Gasteiger charge is -2.15. The first-order chi connectivity index (χ1) is 13.1. The summed E-state index contributed by atoms with van der Waals surface area (Å²) >= 11 is 15.7. The summed E-state index contributed by atoms with van der Waals surface area (Å²) in [4.78, 5) is 0. The molecule has 140 valence electrons. The topological polar surface area (TPSA) is 30.5 Å². The molecule has 3 aromatic carbocycles. The summed E-state index contributed by atoms with van der Waals surface area (Å²) in [5.41, 5.74) is 2.95. The fourth-order valence-electron chi connectivity index (χ4n) is 2.55. The molecule has 6 heteroatoms. The van der Waals surface area contributed by atoms with Gasteiger partial charge in [0, 0.05) is 11.6 Å². The lowest BCUT2D eigenvalue weighted by atomic mass is 10.2. The molecule has 0 amide bonds. The Labute approximate surface area is 177 Å². The Morgan fingerprint density at radius 2 is 1.70 bits per heavy atom. The molecule has 0 aliphatic carbocycles. The van der Waals surface area contributed by atoms with Crippen LogP contribution < -0.4 is 14.8 Å². The number of methoxy groups -OCH3 is 1. The first kappa shape index (κ1) is 19.9. The van der Waals surface area contributed by atoms with Crippen LogP contribution in [0.5, 0.6) is 11.5 Å². The first-order valence-corrected chi connectivity index (χ1v) is 9.84. The van der Waals surface area contributed by atoms with Gasteiger partial charge in [-0.1, -0.05) is 47.5 Å². The summed E-state index contributed by atoms with van der Waals surface area (Å²) < 4.78 is 12.3. The van der Waals surface area contributed by atoms with Crippen LogP contribution in [0.4, 0.5) is 5.69 Å². The van der Waals surface area contributed by atoms with Gasteiger partial charge < -0.3 is 14.8 Å². The minimum atomic E-state index is 0.420. The van der Waals surface area contributed by atoms with Gasteiger partial charge in [-0.2, -0.15) is 0 Å². The largest absolute Gasteiger partial charge is 0.493 e. The summed E-state index contributed by atoms with van der Waals surface area (Å²) in [5.74, 6) is 1.32. The fraction of sp³-hybridized carbons (Fsp3) is 0.143. The van der Waals surface area contributed by atoms with Crippen molar-refractivity contribution < 1.29 is 9.47 Å². The highest BCUT2D eigenvalue weighted by Gasteiger charge is 2.12. The third-order valence-electron chi connectivity index (χ3n) is 3.94. The molecule has 0 unspecified atom stereocenters. The maximum absolute atomic E-state index is 6.19. The first-order valence-electron chi connectivity index (χ1n) is 8.29. The molecular formula is C21H18BrCl2NO2. The SMILES string of the molecule is COc1cc(CNc2ccccc2Cl)cc(Br)c1OCc1ccc(Cl)cc1. The maximum Gasteiger partial charge on any atom is 0.175 e. The molecule has 0 radical (unpaired) electrons. The third kappa shape index (κ3) is 5.32. The van der Waals surface area contributed by atoms with Gasteiger partial charge in [-0.3, -0.25) is 0 Å². The molecule has 3 rings (SSSR count). The fourth-order valence-corrected chi connectivity index (χ4v) is 3.49. The van der Waals surface area contributed by atoms with Gasteiger partial charge in [0.05, 0.1) is 22.3 Å². The molecule has 0 atom stereocenters. The van der Waals surface area contributed by atoms with Crippen LogP contribution in [0, 0.1) is 0 Å². The van der Waals surface area contributed by atoms with E-state index in [-0.39, 0.29) is 0 Å². The molecule has 0 fully saturated rings. The van der Waals surface area contributed by atoms with Crippen molar-refractivity contribution in [3.05, 3.63) is 86.3 Å². The van der Waals surface area contributed by atoms with E-state index in [0.717, 1.165) is 21.3 Å². The molecule has 0 saturated heterocycles. The smallest absolute Gasteiger partial charge is 0.175 e. The number of halogens is 3. The van der Waals surface area contributed by atoms with Crippen LogP contribution in [0.15, 0.2) is 65.1 Å². The number of hydrogen-bond donors (Lipinski definition) is 1. The molecule has 3 nitrogen and oxygen atoms in total. The van der Waals surface area contributed by atoms with E-state index in [4.69, 9.17) is 32.7 Å². The Morgan fingerprint density at radius 1 is 0.963 bits per heavy atom. The Balaban J connectivity index is 1.72. The van der Waals surface area contributed by atoms with E-state index >= 15 is 0 Å². The normalized spacial score (nSPS) is 10.5. The van der Waals surface area contributed by atoms with Gasteiger partial charge >= 0.3 is 0 Å². The molecule has 1 N–H and O–H groups in total. The average molecular weight is 467 g/mol. The van der Waals surface area contributed by atoms with Gasteiger partial charge in [0.15, 0.2) is 11.5 Å².